The van der Waals surface area contributed by atoms with E-state index in [4.69, 9.17) is 11.6 Å². The smallest absolute Gasteiger partial charge is 0.131 e. The zero-order valence-electron chi connectivity index (χ0n) is 7.33. The second kappa shape index (κ2) is 6.92. The Morgan fingerprint density at radius 2 is 2.08 bits per heavy atom. The molecule has 6 heteroatoms. The minimum absolute atomic E-state index is 0.757. The summed E-state index contributed by atoms with van der Waals surface area (Å²) in [6, 6.07) is 0. The number of hydrogen-bond acceptors (Lipinski definition) is 5. The van der Waals surface area contributed by atoms with Gasteiger partial charge in [-0.1, -0.05) is 34.9 Å². The summed E-state index contributed by atoms with van der Waals surface area (Å²) < 4.78 is 2.11. The Morgan fingerprint density at radius 3 is 2.69 bits per heavy atom. The molecule has 0 fully saturated rings. The fourth-order valence-electron chi connectivity index (χ4n) is 0.694. The number of aromatic nitrogens is 2. The van der Waals surface area contributed by atoms with Gasteiger partial charge in [-0.25, -0.2) is 0 Å². The first-order valence-electron chi connectivity index (χ1n) is 3.93. The molecule has 0 N–H and O–H groups in total. The lowest BCUT2D eigenvalue weighted by atomic mass is 10.4. The third kappa shape index (κ3) is 4.54. The maximum absolute atomic E-state index is 5.57. The number of unbranched alkanes of at least 4 members (excludes halogenated alkanes) is 1. The first kappa shape index (κ1) is 11.6. The number of nitrogens with zero attached hydrogens (tertiary/aromatic N) is 2. The van der Waals surface area contributed by atoms with E-state index in [0.29, 0.717) is 0 Å². The van der Waals surface area contributed by atoms with Gasteiger partial charge in [-0.15, -0.1) is 21.8 Å². The van der Waals surface area contributed by atoms with Crippen molar-refractivity contribution in [2.24, 2.45) is 0 Å². The van der Waals surface area contributed by atoms with E-state index in [-0.39, 0.29) is 0 Å². The molecule has 0 saturated carbocycles. The molecule has 0 spiro atoms. The largest absolute Gasteiger partial charge is 0.175 e. The Bertz CT molecular complexity index is 241. The van der Waals surface area contributed by atoms with Gasteiger partial charge in [0, 0.05) is 11.6 Å². The van der Waals surface area contributed by atoms with Crippen molar-refractivity contribution in [2.45, 2.75) is 21.5 Å². The molecule has 0 amide bonds. The highest BCUT2D eigenvalue weighted by Gasteiger charge is 2.02. The van der Waals surface area contributed by atoms with E-state index in [9.17, 15) is 0 Å². The molecule has 0 saturated heterocycles. The highest BCUT2D eigenvalue weighted by Crippen LogP contribution is 2.27. The molecule has 13 heavy (non-hydrogen) atoms. The van der Waals surface area contributed by atoms with Crippen molar-refractivity contribution >= 4 is 46.5 Å². The second-order valence-corrected chi connectivity index (χ2v) is 6.03. The van der Waals surface area contributed by atoms with Crippen LogP contribution in [-0.2, 0) is 0 Å². The molecule has 1 rings (SSSR count). The van der Waals surface area contributed by atoms with Crippen LogP contribution in [0.2, 0.25) is 0 Å². The lowest BCUT2D eigenvalue weighted by molar-refractivity contribution is 0.899. The molecule has 0 atom stereocenters. The zero-order chi connectivity index (χ0) is 9.52. The van der Waals surface area contributed by atoms with E-state index in [1.807, 2.05) is 6.26 Å². The molecule has 2 nitrogen and oxygen atoms in total. The van der Waals surface area contributed by atoms with Gasteiger partial charge in [0.15, 0.2) is 8.68 Å². The lowest BCUT2D eigenvalue weighted by Crippen LogP contribution is -1.81. The highest BCUT2D eigenvalue weighted by atomic mass is 35.5. The Hall–Kier alpha value is 0.550. The van der Waals surface area contributed by atoms with E-state index in [0.717, 1.165) is 33.2 Å². The molecule has 0 aliphatic carbocycles. The van der Waals surface area contributed by atoms with Crippen molar-refractivity contribution < 1.29 is 0 Å². The summed E-state index contributed by atoms with van der Waals surface area (Å²) >= 11 is 10.6. The molecule has 1 heterocycles. The van der Waals surface area contributed by atoms with Crippen LogP contribution in [0.1, 0.15) is 12.8 Å². The third-order valence-electron chi connectivity index (χ3n) is 1.32. The molecule has 0 aromatic carbocycles. The summed E-state index contributed by atoms with van der Waals surface area (Å²) in [5.74, 6) is 1.85. The molecular weight excluding hydrogens is 244 g/mol. The summed E-state index contributed by atoms with van der Waals surface area (Å²) in [4.78, 5) is 0. The summed E-state index contributed by atoms with van der Waals surface area (Å²) in [7, 11) is 0. The van der Waals surface area contributed by atoms with Gasteiger partial charge in [0.2, 0.25) is 0 Å². The number of hydrogen-bond donors (Lipinski definition) is 0. The van der Waals surface area contributed by atoms with Crippen molar-refractivity contribution in [1.29, 1.82) is 0 Å². The van der Waals surface area contributed by atoms with Crippen LogP contribution in [0.3, 0.4) is 0 Å². The summed E-state index contributed by atoms with van der Waals surface area (Å²) in [5.41, 5.74) is 0. The van der Waals surface area contributed by atoms with Crippen LogP contribution in [0.25, 0.3) is 0 Å². The first-order valence-corrected chi connectivity index (χ1v) is 7.49. The number of rotatable bonds is 6. The minimum Gasteiger partial charge on any atom is -0.131 e. The van der Waals surface area contributed by atoms with Gasteiger partial charge in [0.25, 0.3) is 0 Å². The maximum Gasteiger partial charge on any atom is 0.175 e. The molecule has 1 aromatic rings. The second-order valence-electron chi connectivity index (χ2n) is 2.28. The number of halogens is 1. The molecule has 0 unspecified atom stereocenters. The third-order valence-corrected chi connectivity index (χ3v) is 4.70. The summed E-state index contributed by atoms with van der Waals surface area (Å²) in [6.07, 6.45) is 4.26. The van der Waals surface area contributed by atoms with E-state index in [2.05, 4.69) is 10.2 Å². The van der Waals surface area contributed by atoms with Crippen molar-refractivity contribution in [3.8, 4) is 0 Å². The monoisotopic (exact) mass is 254 g/mol. The normalized spacial score (nSPS) is 10.6. The van der Waals surface area contributed by atoms with Gasteiger partial charge in [0.1, 0.15) is 0 Å². The fraction of sp³-hybridized carbons (Fsp3) is 0.714. The van der Waals surface area contributed by atoms with Crippen molar-refractivity contribution in [1.82, 2.24) is 10.2 Å². The number of alkyl halides is 1. The molecular formula is C7H11ClN2S3. The molecule has 0 aliphatic rings. The van der Waals surface area contributed by atoms with Crippen LogP contribution in [0.15, 0.2) is 8.68 Å². The van der Waals surface area contributed by atoms with Crippen molar-refractivity contribution in [3.05, 3.63) is 0 Å². The molecule has 1 aromatic heterocycles. The van der Waals surface area contributed by atoms with Crippen molar-refractivity contribution in [2.75, 3.05) is 17.9 Å². The quantitative estimate of drug-likeness (QED) is 0.442. The Balaban J connectivity index is 2.20. The molecule has 0 bridgehead atoms. The average Bonchev–Trinajstić information content (AvgIpc) is 2.60. The lowest BCUT2D eigenvalue weighted by Gasteiger charge is -1.93. The van der Waals surface area contributed by atoms with E-state index < -0.39 is 0 Å². The maximum atomic E-state index is 5.57. The summed E-state index contributed by atoms with van der Waals surface area (Å²) in [5, 5.41) is 8.08. The molecule has 74 valence electrons. The topological polar surface area (TPSA) is 25.8 Å². The number of thioether (sulfide) groups is 2. The van der Waals surface area contributed by atoms with Gasteiger partial charge in [-0.3, -0.25) is 0 Å². The van der Waals surface area contributed by atoms with Crippen LogP contribution < -0.4 is 0 Å². The highest BCUT2D eigenvalue weighted by molar-refractivity contribution is 8.02. The van der Waals surface area contributed by atoms with Gasteiger partial charge >= 0.3 is 0 Å². The summed E-state index contributed by atoms with van der Waals surface area (Å²) in [6.45, 7) is 0. The first-order chi connectivity index (χ1) is 6.36. The zero-order valence-corrected chi connectivity index (χ0v) is 10.5. The fourth-order valence-corrected chi connectivity index (χ4v) is 3.39. The van der Waals surface area contributed by atoms with Crippen LogP contribution in [0.5, 0.6) is 0 Å². The van der Waals surface area contributed by atoms with E-state index in [1.54, 1.807) is 34.9 Å². The van der Waals surface area contributed by atoms with Gasteiger partial charge in [0.05, 0.1) is 0 Å². The molecule has 0 radical (unpaired) electrons. The van der Waals surface area contributed by atoms with Crippen LogP contribution in [0.4, 0.5) is 0 Å². The SMILES string of the molecule is CSc1nnc(SCCCCCl)s1. The minimum atomic E-state index is 0.757. The Labute approximate surface area is 95.9 Å². The van der Waals surface area contributed by atoms with Gasteiger partial charge in [-0.2, -0.15) is 0 Å². The van der Waals surface area contributed by atoms with Gasteiger partial charge < -0.3 is 0 Å². The van der Waals surface area contributed by atoms with Crippen molar-refractivity contribution in [3.63, 3.8) is 0 Å². The average molecular weight is 255 g/mol. The van der Waals surface area contributed by atoms with Gasteiger partial charge in [-0.05, 0) is 19.1 Å². The van der Waals surface area contributed by atoms with E-state index in [1.165, 1.54) is 0 Å². The Morgan fingerprint density at radius 1 is 1.31 bits per heavy atom. The van der Waals surface area contributed by atoms with Crippen LogP contribution >= 0.6 is 46.5 Å². The standard InChI is InChI=1S/C7H11ClN2S3/c1-11-6-9-10-7(13-6)12-5-3-2-4-8/h2-5H2,1H3. The van der Waals surface area contributed by atoms with Crippen LogP contribution in [-0.4, -0.2) is 28.1 Å². The Kier molecular flexibility index (Phi) is 6.19. The molecule has 0 aliphatic heterocycles. The predicted molar refractivity (Wildman–Crippen MR) is 62.4 cm³/mol. The van der Waals surface area contributed by atoms with E-state index >= 15 is 0 Å². The predicted octanol–water partition coefficient (Wildman–Crippen LogP) is 3.37. The van der Waals surface area contributed by atoms with Crippen LogP contribution in [0, 0.1) is 0 Å².